The van der Waals surface area contributed by atoms with E-state index in [2.05, 4.69) is 5.32 Å². The van der Waals surface area contributed by atoms with Crippen LogP contribution in [-0.2, 0) is 4.79 Å². The summed E-state index contributed by atoms with van der Waals surface area (Å²) in [5, 5.41) is 3.68. The van der Waals surface area contributed by atoms with Gasteiger partial charge < -0.3 is 14.2 Å². The molecule has 2 heterocycles. The van der Waals surface area contributed by atoms with Gasteiger partial charge in [0.1, 0.15) is 11.3 Å². The Morgan fingerprint density at radius 3 is 2.91 bits per heavy atom. The predicted octanol–water partition coefficient (Wildman–Crippen LogP) is 3.13. The standard InChI is InChI=1S/C17H13NO4/c19-16-6-3-10-8-11(4-5-14(10)22-16)18-17(20)13-9-12(13)15-2-1-7-21-15/h1-8,12-13H,9H2,(H,18,20). The van der Waals surface area contributed by atoms with E-state index in [1.165, 1.54) is 6.07 Å². The SMILES string of the molecule is O=C(Nc1ccc2oc(=O)ccc2c1)C1CC1c1ccco1. The van der Waals surface area contributed by atoms with Crippen LogP contribution in [0.5, 0.6) is 0 Å². The maximum absolute atomic E-state index is 12.2. The van der Waals surface area contributed by atoms with Crippen LogP contribution in [0.1, 0.15) is 18.1 Å². The van der Waals surface area contributed by atoms with Crippen LogP contribution in [-0.4, -0.2) is 5.91 Å². The molecule has 1 fully saturated rings. The van der Waals surface area contributed by atoms with Crippen LogP contribution < -0.4 is 10.9 Å². The molecule has 5 heteroatoms. The summed E-state index contributed by atoms with van der Waals surface area (Å²) in [7, 11) is 0. The van der Waals surface area contributed by atoms with Crippen molar-refractivity contribution < 1.29 is 13.6 Å². The summed E-state index contributed by atoms with van der Waals surface area (Å²) in [5.74, 6) is 0.975. The van der Waals surface area contributed by atoms with E-state index in [9.17, 15) is 9.59 Å². The first-order valence-corrected chi connectivity index (χ1v) is 7.09. The second kappa shape index (κ2) is 4.87. The normalized spacial score (nSPS) is 20.0. The zero-order valence-corrected chi connectivity index (χ0v) is 11.6. The van der Waals surface area contributed by atoms with E-state index >= 15 is 0 Å². The third-order valence-electron chi connectivity index (χ3n) is 3.92. The highest BCUT2D eigenvalue weighted by atomic mass is 16.4. The van der Waals surface area contributed by atoms with Crippen LogP contribution in [0.25, 0.3) is 11.0 Å². The van der Waals surface area contributed by atoms with Crippen LogP contribution in [0, 0.1) is 5.92 Å². The Bertz CT molecular complexity index is 894. The zero-order chi connectivity index (χ0) is 15.1. The Labute approximate surface area is 125 Å². The van der Waals surface area contributed by atoms with Gasteiger partial charge in [-0.3, -0.25) is 4.79 Å². The number of carbonyl (C=O) groups excluding carboxylic acids is 1. The predicted molar refractivity (Wildman–Crippen MR) is 80.7 cm³/mol. The van der Waals surface area contributed by atoms with E-state index in [1.54, 1.807) is 30.5 Å². The average molecular weight is 295 g/mol. The van der Waals surface area contributed by atoms with E-state index in [0.717, 1.165) is 17.6 Å². The van der Waals surface area contributed by atoms with Crippen molar-refractivity contribution in [2.45, 2.75) is 12.3 Å². The molecule has 2 unspecified atom stereocenters. The largest absolute Gasteiger partial charge is 0.469 e. The van der Waals surface area contributed by atoms with Crippen LogP contribution in [0.2, 0.25) is 0 Å². The van der Waals surface area contributed by atoms with Crippen molar-refractivity contribution in [1.82, 2.24) is 0 Å². The first kappa shape index (κ1) is 12.9. The highest BCUT2D eigenvalue weighted by molar-refractivity contribution is 5.96. The molecule has 2 aromatic heterocycles. The molecule has 0 radical (unpaired) electrons. The number of anilines is 1. The number of benzene rings is 1. The molecule has 0 aliphatic heterocycles. The van der Waals surface area contributed by atoms with Gasteiger partial charge in [-0.1, -0.05) is 0 Å². The molecule has 5 nitrogen and oxygen atoms in total. The maximum atomic E-state index is 12.2. The van der Waals surface area contributed by atoms with Gasteiger partial charge in [0, 0.05) is 29.0 Å². The third kappa shape index (κ3) is 2.30. The van der Waals surface area contributed by atoms with Gasteiger partial charge >= 0.3 is 5.63 Å². The van der Waals surface area contributed by atoms with Crippen molar-refractivity contribution in [1.29, 1.82) is 0 Å². The van der Waals surface area contributed by atoms with Crippen LogP contribution in [0.3, 0.4) is 0 Å². The lowest BCUT2D eigenvalue weighted by atomic mass is 10.2. The minimum Gasteiger partial charge on any atom is -0.469 e. The second-order valence-electron chi connectivity index (χ2n) is 5.46. The molecule has 110 valence electrons. The molecule has 22 heavy (non-hydrogen) atoms. The van der Waals surface area contributed by atoms with Gasteiger partial charge in [0.25, 0.3) is 0 Å². The zero-order valence-electron chi connectivity index (χ0n) is 11.6. The van der Waals surface area contributed by atoms with E-state index in [-0.39, 0.29) is 23.4 Å². The maximum Gasteiger partial charge on any atom is 0.336 e. The van der Waals surface area contributed by atoms with E-state index in [4.69, 9.17) is 8.83 Å². The summed E-state index contributed by atoms with van der Waals surface area (Å²) < 4.78 is 10.4. The van der Waals surface area contributed by atoms with E-state index in [1.807, 2.05) is 12.1 Å². The summed E-state index contributed by atoms with van der Waals surface area (Å²) in [6, 6.07) is 12.0. The summed E-state index contributed by atoms with van der Waals surface area (Å²) in [4.78, 5) is 23.4. The number of furan rings is 1. The highest BCUT2D eigenvalue weighted by Gasteiger charge is 2.45. The second-order valence-corrected chi connectivity index (χ2v) is 5.46. The fourth-order valence-corrected chi connectivity index (χ4v) is 2.69. The molecule has 1 aliphatic rings. The Balaban J connectivity index is 1.50. The minimum atomic E-state index is -0.386. The van der Waals surface area contributed by atoms with Crippen molar-refractivity contribution in [3.8, 4) is 0 Å². The topological polar surface area (TPSA) is 72.5 Å². The van der Waals surface area contributed by atoms with Crippen LogP contribution in [0.15, 0.2) is 62.4 Å². The van der Waals surface area contributed by atoms with Crippen molar-refractivity contribution in [3.63, 3.8) is 0 Å². The first-order chi connectivity index (χ1) is 10.7. The molecule has 1 N–H and O–H groups in total. The Hall–Kier alpha value is -2.82. The molecule has 2 atom stereocenters. The number of amides is 1. The fourth-order valence-electron chi connectivity index (χ4n) is 2.69. The number of fused-ring (bicyclic) bond motifs is 1. The highest BCUT2D eigenvalue weighted by Crippen LogP contribution is 2.48. The molecular formula is C17H13NO4. The van der Waals surface area contributed by atoms with Crippen LogP contribution in [0.4, 0.5) is 5.69 Å². The smallest absolute Gasteiger partial charge is 0.336 e. The number of carbonyl (C=O) groups is 1. The molecule has 0 saturated heterocycles. The molecule has 1 aromatic carbocycles. The first-order valence-electron chi connectivity index (χ1n) is 7.09. The van der Waals surface area contributed by atoms with Gasteiger partial charge in [-0.15, -0.1) is 0 Å². The Kier molecular flexibility index (Phi) is 2.85. The van der Waals surface area contributed by atoms with Crippen molar-refractivity contribution in [3.05, 3.63) is 64.9 Å². The third-order valence-corrected chi connectivity index (χ3v) is 3.92. The van der Waals surface area contributed by atoms with Crippen molar-refractivity contribution in [2.75, 3.05) is 5.32 Å². The van der Waals surface area contributed by atoms with E-state index in [0.29, 0.717) is 11.3 Å². The summed E-state index contributed by atoms with van der Waals surface area (Å²) >= 11 is 0. The number of rotatable bonds is 3. The summed E-state index contributed by atoms with van der Waals surface area (Å²) in [5.41, 5.74) is 0.811. The lowest BCUT2D eigenvalue weighted by Gasteiger charge is -2.05. The summed E-state index contributed by atoms with van der Waals surface area (Å²) in [6.45, 7) is 0. The van der Waals surface area contributed by atoms with Gasteiger partial charge in [0.05, 0.1) is 6.26 Å². The molecule has 3 aromatic rings. The van der Waals surface area contributed by atoms with Gasteiger partial charge in [0.15, 0.2) is 0 Å². The van der Waals surface area contributed by atoms with Gasteiger partial charge in [0.2, 0.25) is 5.91 Å². The fraction of sp³-hybridized carbons (Fsp3) is 0.176. The van der Waals surface area contributed by atoms with Crippen molar-refractivity contribution in [2.24, 2.45) is 5.92 Å². The molecule has 4 rings (SSSR count). The Morgan fingerprint density at radius 1 is 1.18 bits per heavy atom. The van der Waals surface area contributed by atoms with Gasteiger partial charge in [-0.05, 0) is 42.8 Å². The quantitative estimate of drug-likeness (QED) is 0.753. The van der Waals surface area contributed by atoms with Gasteiger partial charge in [-0.2, -0.15) is 0 Å². The number of hydrogen-bond donors (Lipinski definition) is 1. The van der Waals surface area contributed by atoms with Crippen LogP contribution >= 0.6 is 0 Å². The average Bonchev–Trinajstić information content (AvgIpc) is 3.13. The molecule has 0 spiro atoms. The lowest BCUT2D eigenvalue weighted by molar-refractivity contribution is -0.117. The minimum absolute atomic E-state index is 0.0156. The van der Waals surface area contributed by atoms with Crippen molar-refractivity contribution >= 4 is 22.6 Å². The number of nitrogens with one attached hydrogen (secondary N) is 1. The van der Waals surface area contributed by atoms with Gasteiger partial charge in [-0.25, -0.2) is 4.79 Å². The summed E-state index contributed by atoms with van der Waals surface area (Å²) in [6.07, 6.45) is 2.43. The Morgan fingerprint density at radius 2 is 2.09 bits per heavy atom. The molecule has 1 saturated carbocycles. The van der Waals surface area contributed by atoms with E-state index < -0.39 is 0 Å². The lowest BCUT2D eigenvalue weighted by Crippen LogP contribution is -2.14. The molecular weight excluding hydrogens is 282 g/mol. The molecule has 1 aliphatic carbocycles. The monoisotopic (exact) mass is 295 g/mol. The molecule has 1 amide bonds. The molecule has 0 bridgehead atoms. The number of hydrogen-bond acceptors (Lipinski definition) is 4.